The molecule has 124 valence electrons. The molecule has 1 aromatic carbocycles. The molecule has 1 aliphatic heterocycles. The first-order valence-electron chi connectivity index (χ1n) is 7.81. The van der Waals surface area contributed by atoms with E-state index >= 15 is 0 Å². The summed E-state index contributed by atoms with van der Waals surface area (Å²) in [6.07, 6.45) is 2.83. The number of methoxy groups -OCH3 is 1. The molecule has 1 amide bonds. The van der Waals surface area contributed by atoms with Gasteiger partial charge >= 0.3 is 0 Å². The number of carbonyl (C=O) groups excluding carboxylic acids is 1. The maximum absolute atomic E-state index is 12.5. The Bertz CT molecular complexity index is 422. The van der Waals surface area contributed by atoms with E-state index in [1.54, 1.807) is 7.11 Å². The van der Waals surface area contributed by atoms with Crippen LogP contribution in [0.15, 0.2) is 30.3 Å². The van der Waals surface area contributed by atoms with Crippen molar-refractivity contribution in [1.29, 1.82) is 0 Å². The van der Waals surface area contributed by atoms with Crippen LogP contribution in [0, 0.1) is 5.92 Å². The molecule has 0 bridgehead atoms. The lowest BCUT2D eigenvalue weighted by atomic mass is 10.0. The molecule has 0 radical (unpaired) electrons. The van der Waals surface area contributed by atoms with Crippen molar-refractivity contribution in [2.24, 2.45) is 5.92 Å². The predicted octanol–water partition coefficient (Wildman–Crippen LogP) is 2.47. The number of carbonyl (C=O) groups is 1. The molecule has 5 heteroatoms. The fraction of sp³-hybridized carbons (Fsp3) is 0.588. The summed E-state index contributed by atoms with van der Waals surface area (Å²) in [5.74, 6) is 0.901. The molecule has 0 aromatic heterocycles. The molecule has 1 unspecified atom stereocenters. The molecule has 4 nitrogen and oxygen atoms in total. The van der Waals surface area contributed by atoms with Crippen LogP contribution in [0.4, 0.5) is 0 Å². The first kappa shape index (κ1) is 18.9. The Balaban J connectivity index is 0.00000242. The van der Waals surface area contributed by atoms with Gasteiger partial charge in [0.1, 0.15) is 0 Å². The van der Waals surface area contributed by atoms with Crippen molar-refractivity contribution in [3.63, 3.8) is 0 Å². The van der Waals surface area contributed by atoms with Crippen LogP contribution in [0.5, 0.6) is 0 Å². The molecule has 1 saturated heterocycles. The number of ether oxygens (including phenoxy) is 1. The summed E-state index contributed by atoms with van der Waals surface area (Å²) in [5.41, 5.74) is 1.17. The Labute approximate surface area is 139 Å². The maximum atomic E-state index is 12.5. The third-order valence-corrected chi connectivity index (χ3v) is 4.06. The number of rotatable bonds is 8. The Hall–Kier alpha value is -1.10. The summed E-state index contributed by atoms with van der Waals surface area (Å²) in [7, 11) is 1.68. The van der Waals surface area contributed by atoms with Gasteiger partial charge in [0.2, 0.25) is 5.91 Å². The average molecular weight is 327 g/mol. The van der Waals surface area contributed by atoms with Crippen LogP contribution in [0.1, 0.15) is 24.8 Å². The molecule has 1 fully saturated rings. The number of nitrogens with one attached hydrogen (secondary N) is 1. The molecular weight excluding hydrogens is 300 g/mol. The highest BCUT2D eigenvalue weighted by atomic mass is 35.5. The minimum Gasteiger partial charge on any atom is -0.383 e. The minimum atomic E-state index is 0. The SMILES string of the molecule is COCCN(Cc1ccccc1)C(=O)CCC1CCNC1.Cl. The number of hydrogen-bond acceptors (Lipinski definition) is 3. The van der Waals surface area contributed by atoms with Crippen LogP contribution in [-0.2, 0) is 16.1 Å². The highest BCUT2D eigenvalue weighted by molar-refractivity contribution is 5.85. The second kappa shape index (κ2) is 10.6. The van der Waals surface area contributed by atoms with E-state index in [0.29, 0.717) is 32.0 Å². The molecule has 0 aliphatic carbocycles. The average Bonchev–Trinajstić information content (AvgIpc) is 3.03. The quantitative estimate of drug-likeness (QED) is 0.798. The van der Waals surface area contributed by atoms with Crippen molar-refractivity contribution in [1.82, 2.24) is 10.2 Å². The predicted molar refractivity (Wildman–Crippen MR) is 91.2 cm³/mol. The highest BCUT2D eigenvalue weighted by Crippen LogP contribution is 2.16. The Morgan fingerprint density at radius 2 is 2.14 bits per heavy atom. The zero-order valence-corrected chi connectivity index (χ0v) is 14.1. The molecule has 1 atom stereocenters. The van der Waals surface area contributed by atoms with Crippen LogP contribution >= 0.6 is 12.4 Å². The van der Waals surface area contributed by atoms with Crippen LogP contribution in [0.25, 0.3) is 0 Å². The number of hydrogen-bond donors (Lipinski definition) is 1. The third-order valence-electron chi connectivity index (χ3n) is 4.06. The van der Waals surface area contributed by atoms with Crippen molar-refractivity contribution in [2.45, 2.75) is 25.8 Å². The van der Waals surface area contributed by atoms with Gasteiger partial charge in [-0.1, -0.05) is 30.3 Å². The highest BCUT2D eigenvalue weighted by Gasteiger charge is 2.19. The minimum absolute atomic E-state index is 0. The zero-order chi connectivity index (χ0) is 14.9. The van der Waals surface area contributed by atoms with E-state index in [9.17, 15) is 4.79 Å². The molecule has 1 aromatic rings. The molecule has 1 N–H and O–H groups in total. The van der Waals surface area contributed by atoms with Gasteiger partial charge in [-0.3, -0.25) is 4.79 Å². The van der Waals surface area contributed by atoms with E-state index in [-0.39, 0.29) is 18.3 Å². The normalized spacial score (nSPS) is 17.0. The van der Waals surface area contributed by atoms with Gasteiger partial charge in [-0.05, 0) is 37.4 Å². The monoisotopic (exact) mass is 326 g/mol. The summed E-state index contributed by atoms with van der Waals surface area (Å²) in [5, 5.41) is 3.35. The van der Waals surface area contributed by atoms with Crippen molar-refractivity contribution in [2.75, 3.05) is 33.4 Å². The van der Waals surface area contributed by atoms with E-state index in [0.717, 1.165) is 19.5 Å². The second-order valence-corrected chi connectivity index (χ2v) is 5.69. The fourth-order valence-electron chi connectivity index (χ4n) is 2.74. The molecule has 1 aliphatic rings. The van der Waals surface area contributed by atoms with Gasteiger partial charge in [0.25, 0.3) is 0 Å². The molecule has 2 rings (SSSR count). The summed E-state index contributed by atoms with van der Waals surface area (Å²) in [6.45, 7) is 4.07. The van der Waals surface area contributed by atoms with Gasteiger partial charge in [0, 0.05) is 26.6 Å². The van der Waals surface area contributed by atoms with E-state index in [2.05, 4.69) is 17.4 Å². The van der Waals surface area contributed by atoms with Crippen molar-refractivity contribution < 1.29 is 9.53 Å². The Morgan fingerprint density at radius 1 is 1.36 bits per heavy atom. The van der Waals surface area contributed by atoms with E-state index in [1.165, 1.54) is 12.0 Å². The Morgan fingerprint density at radius 3 is 2.77 bits per heavy atom. The maximum Gasteiger partial charge on any atom is 0.222 e. The van der Waals surface area contributed by atoms with E-state index < -0.39 is 0 Å². The van der Waals surface area contributed by atoms with E-state index in [4.69, 9.17) is 4.74 Å². The number of benzene rings is 1. The Kier molecular flexibility index (Phi) is 9.13. The summed E-state index contributed by atoms with van der Waals surface area (Å²) in [6, 6.07) is 10.1. The number of amides is 1. The first-order valence-corrected chi connectivity index (χ1v) is 7.81. The van der Waals surface area contributed by atoms with Crippen LogP contribution in [0.3, 0.4) is 0 Å². The summed E-state index contributed by atoms with van der Waals surface area (Å²) >= 11 is 0. The largest absolute Gasteiger partial charge is 0.383 e. The van der Waals surface area contributed by atoms with Crippen molar-refractivity contribution in [3.05, 3.63) is 35.9 Å². The number of nitrogens with zero attached hydrogens (tertiary/aromatic N) is 1. The van der Waals surface area contributed by atoms with Crippen molar-refractivity contribution in [3.8, 4) is 0 Å². The second-order valence-electron chi connectivity index (χ2n) is 5.69. The summed E-state index contributed by atoms with van der Waals surface area (Å²) < 4.78 is 5.13. The molecule has 0 spiro atoms. The lowest BCUT2D eigenvalue weighted by Crippen LogP contribution is -2.33. The first-order chi connectivity index (χ1) is 10.3. The van der Waals surface area contributed by atoms with Gasteiger partial charge in [0.15, 0.2) is 0 Å². The lowest BCUT2D eigenvalue weighted by Gasteiger charge is -2.23. The topological polar surface area (TPSA) is 41.6 Å². The zero-order valence-electron chi connectivity index (χ0n) is 13.3. The van der Waals surface area contributed by atoms with Crippen molar-refractivity contribution >= 4 is 18.3 Å². The van der Waals surface area contributed by atoms with Gasteiger partial charge in [-0.15, -0.1) is 12.4 Å². The van der Waals surface area contributed by atoms with Crippen LogP contribution < -0.4 is 5.32 Å². The van der Waals surface area contributed by atoms with Gasteiger partial charge in [-0.2, -0.15) is 0 Å². The van der Waals surface area contributed by atoms with Gasteiger partial charge in [-0.25, -0.2) is 0 Å². The van der Waals surface area contributed by atoms with Gasteiger partial charge in [0.05, 0.1) is 6.61 Å². The lowest BCUT2D eigenvalue weighted by molar-refractivity contribution is -0.132. The van der Waals surface area contributed by atoms with E-state index in [1.807, 2.05) is 23.1 Å². The van der Waals surface area contributed by atoms with Crippen LogP contribution in [0.2, 0.25) is 0 Å². The molecule has 1 heterocycles. The molecule has 0 saturated carbocycles. The smallest absolute Gasteiger partial charge is 0.222 e. The molecular formula is C17H27ClN2O2. The fourth-order valence-corrected chi connectivity index (χ4v) is 2.74. The van der Waals surface area contributed by atoms with Crippen LogP contribution in [-0.4, -0.2) is 44.2 Å². The number of halogens is 1. The van der Waals surface area contributed by atoms with Gasteiger partial charge < -0.3 is 15.0 Å². The molecule has 22 heavy (non-hydrogen) atoms. The third kappa shape index (κ3) is 6.34. The summed E-state index contributed by atoms with van der Waals surface area (Å²) in [4.78, 5) is 14.4. The standard InChI is InChI=1S/C17H26N2O2.ClH/c1-21-12-11-19(14-16-5-3-2-4-6-16)17(20)8-7-15-9-10-18-13-15;/h2-6,15,18H,7-14H2,1H3;1H.